The van der Waals surface area contributed by atoms with E-state index in [2.05, 4.69) is 15.7 Å². The molecule has 0 fully saturated rings. The first-order valence-electron chi connectivity index (χ1n) is 8.47. The maximum atomic E-state index is 12.3. The van der Waals surface area contributed by atoms with Crippen LogP contribution in [0.5, 0.6) is 5.75 Å². The molecular weight excluding hydrogens is 332 g/mol. The van der Waals surface area contributed by atoms with Crippen molar-refractivity contribution in [3.05, 3.63) is 47.3 Å². The van der Waals surface area contributed by atoms with E-state index in [1.807, 2.05) is 20.8 Å². The average molecular weight is 358 g/mol. The number of rotatable bonds is 6. The van der Waals surface area contributed by atoms with Gasteiger partial charge in [-0.15, -0.1) is 0 Å². The number of amides is 2. The van der Waals surface area contributed by atoms with Gasteiger partial charge in [0.2, 0.25) is 0 Å². The predicted octanol–water partition coefficient (Wildman–Crippen LogP) is 1.89. The molecule has 2 aromatic rings. The van der Waals surface area contributed by atoms with Crippen LogP contribution in [0.25, 0.3) is 0 Å². The number of benzene rings is 1. The summed E-state index contributed by atoms with van der Waals surface area (Å²) in [5.74, 6) is 0.191. The van der Waals surface area contributed by atoms with E-state index >= 15 is 0 Å². The van der Waals surface area contributed by atoms with Gasteiger partial charge >= 0.3 is 0 Å². The monoisotopic (exact) mass is 358 g/mol. The highest BCUT2D eigenvalue weighted by Crippen LogP contribution is 2.21. The topological polar surface area (TPSA) is 85.2 Å². The van der Waals surface area contributed by atoms with Crippen LogP contribution >= 0.6 is 0 Å². The average Bonchev–Trinajstić information content (AvgIpc) is 3.00. The van der Waals surface area contributed by atoms with Gasteiger partial charge in [0.05, 0.1) is 12.8 Å². The third kappa shape index (κ3) is 4.84. The summed E-state index contributed by atoms with van der Waals surface area (Å²) in [4.78, 5) is 24.4. The second-order valence-electron chi connectivity index (χ2n) is 7.03. The minimum atomic E-state index is -0.217. The van der Waals surface area contributed by atoms with Crippen LogP contribution in [-0.2, 0) is 12.5 Å². The summed E-state index contributed by atoms with van der Waals surface area (Å²) in [6.45, 7) is 6.79. The Hall–Kier alpha value is -2.83. The molecule has 1 heterocycles. The highest BCUT2D eigenvalue weighted by molar-refractivity contribution is 5.95. The molecular formula is C19H26N4O3. The zero-order valence-electron chi connectivity index (χ0n) is 15.9. The summed E-state index contributed by atoms with van der Waals surface area (Å²) in [6, 6.07) is 8.70. The lowest BCUT2D eigenvalue weighted by Gasteiger charge is -2.13. The van der Waals surface area contributed by atoms with Gasteiger partial charge in [0.1, 0.15) is 11.4 Å². The van der Waals surface area contributed by atoms with Crippen LogP contribution in [0, 0.1) is 0 Å². The predicted molar refractivity (Wildman–Crippen MR) is 99.6 cm³/mol. The van der Waals surface area contributed by atoms with Gasteiger partial charge in [0, 0.05) is 31.1 Å². The minimum absolute atomic E-state index is 0.124. The molecule has 0 aliphatic rings. The number of ether oxygens (including phenoxy) is 1. The van der Waals surface area contributed by atoms with Crippen molar-refractivity contribution in [2.75, 3.05) is 20.2 Å². The van der Waals surface area contributed by atoms with E-state index in [9.17, 15) is 9.59 Å². The van der Waals surface area contributed by atoms with Crippen molar-refractivity contribution >= 4 is 11.8 Å². The molecule has 26 heavy (non-hydrogen) atoms. The zero-order valence-corrected chi connectivity index (χ0v) is 15.9. The second-order valence-corrected chi connectivity index (χ2v) is 7.03. The first-order valence-corrected chi connectivity index (χ1v) is 8.47. The molecule has 0 atom stereocenters. The van der Waals surface area contributed by atoms with Gasteiger partial charge in [-0.25, -0.2) is 0 Å². The molecule has 2 rings (SSSR count). The van der Waals surface area contributed by atoms with Crippen molar-refractivity contribution in [3.8, 4) is 5.75 Å². The minimum Gasteiger partial charge on any atom is -0.497 e. The van der Waals surface area contributed by atoms with Gasteiger partial charge in [0.15, 0.2) is 0 Å². The maximum absolute atomic E-state index is 12.3. The van der Waals surface area contributed by atoms with E-state index in [1.165, 1.54) is 0 Å². The number of aromatic nitrogens is 2. The molecule has 140 valence electrons. The van der Waals surface area contributed by atoms with Gasteiger partial charge in [-0.2, -0.15) is 5.10 Å². The van der Waals surface area contributed by atoms with Crippen molar-refractivity contribution in [2.24, 2.45) is 7.05 Å². The van der Waals surface area contributed by atoms with Gasteiger partial charge in [-0.1, -0.05) is 26.8 Å². The van der Waals surface area contributed by atoms with Crippen LogP contribution in [0.15, 0.2) is 30.3 Å². The lowest BCUT2D eigenvalue weighted by Crippen LogP contribution is -2.35. The normalized spacial score (nSPS) is 11.1. The molecule has 1 aromatic heterocycles. The quantitative estimate of drug-likeness (QED) is 0.772. The number of carbonyl (C=O) groups excluding carboxylic acids is 2. The highest BCUT2D eigenvalue weighted by atomic mass is 16.5. The van der Waals surface area contributed by atoms with Crippen molar-refractivity contribution in [3.63, 3.8) is 0 Å². The molecule has 0 spiro atoms. The molecule has 7 nitrogen and oxygen atoms in total. The lowest BCUT2D eigenvalue weighted by molar-refractivity contribution is 0.0922. The van der Waals surface area contributed by atoms with E-state index in [-0.39, 0.29) is 17.2 Å². The Morgan fingerprint density at radius 2 is 1.77 bits per heavy atom. The molecule has 0 unspecified atom stereocenters. The smallest absolute Gasteiger partial charge is 0.269 e. The molecule has 1 aromatic carbocycles. The number of methoxy groups -OCH3 is 1. The van der Waals surface area contributed by atoms with Crippen molar-refractivity contribution in [1.29, 1.82) is 0 Å². The molecule has 0 saturated carbocycles. The summed E-state index contributed by atoms with van der Waals surface area (Å²) in [6.07, 6.45) is 0. The van der Waals surface area contributed by atoms with Gasteiger partial charge < -0.3 is 15.4 Å². The van der Waals surface area contributed by atoms with Crippen molar-refractivity contribution in [2.45, 2.75) is 26.2 Å². The Morgan fingerprint density at radius 3 is 2.35 bits per heavy atom. The van der Waals surface area contributed by atoms with Crippen LogP contribution in [0.3, 0.4) is 0 Å². The van der Waals surface area contributed by atoms with Crippen LogP contribution in [0.4, 0.5) is 0 Å². The largest absolute Gasteiger partial charge is 0.497 e. The first-order chi connectivity index (χ1) is 12.2. The summed E-state index contributed by atoms with van der Waals surface area (Å²) in [7, 11) is 3.30. The van der Waals surface area contributed by atoms with E-state index in [0.717, 1.165) is 5.69 Å². The Kier molecular flexibility index (Phi) is 6.02. The Balaban J connectivity index is 1.85. The molecule has 0 radical (unpaired) electrons. The first kappa shape index (κ1) is 19.5. The highest BCUT2D eigenvalue weighted by Gasteiger charge is 2.21. The summed E-state index contributed by atoms with van der Waals surface area (Å²) < 4.78 is 6.68. The standard InChI is InChI=1S/C19H26N4O3/c1-19(2,3)16-12-15(23(4)22-16)18(25)21-10-9-20-17(24)13-7-6-8-14(11-13)26-5/h6-8,11-12H,9-10H2,1-5H3,(H,20,24)(H,21,25). The van der Waals surface area contributed by atoms with Crippen LogP contribution < -0.4 is 15.4 Å². The fourth-order valence-corrected chi connectivity index (χ4v) is 2.36. The van der Waals surface area contributed by atoms with Gasteiger partial charge in [-0.05, 0) is 24.3 Å². The number of nitrogens with one attached hydrogen (secondary N) is 2. The van der Waals surface area contributed by atoms with E-state index in [4.69, 9.17) is 4.74 Å². The Morgan fingerprint density at radius 1 is 1.12 bits per heavy atom. The molecule has 7 heteroatoms. The summed E-state index contributed by atoms with van der Waals surface area (Å²) in [5, 5.41) is 9.95. The molecule has 0 saturated heterocycles. The number of hydrogen-bond acceptors (Lipinski definition) is 4. The fourth-order valence-electron chi connectivity index (χ4n) is 2.36. The van der Waals surface area contributed by atoms with Crippen LogP contribution in [0.1, 0.15) is 47.3 Å². The van der Waals surface area contributed by atoms with Gasteiger partial charge in [0.25, 0.3) is 11.8 Å². The van der Waals surface area contributed by atoms with Crippen LogP contribution in [0.2, 0.25) is 0 Å². The number of aryl methyl sites for hydroxylation is 1. The number of hydrogen-bond donors (Lipinski definition) is 2. The Bertz CT molecular complexity index is 790. The third-order valence-corrected chi connectivity index (χ3v) is 3.91. The Labute approximate surface area is 153 Å². The number of carbonyl (C=O) groups is 2. The summed E-state index contributed by atoms with van der Waals surface area (Å²) in [5.41, 5.74) is 1.74. The van der Waals surface area contributed by atoms with Crippen molar-refractivity contribution in [1.82, 2.24) is 20.4 Å². The molecule has 0 bridgehead atoms. The zero-order chi connectivity index (χ0) is 19.3. The third-order valence-electron chi connectivity index (χ3n) is 3.91. The van der Waals surface area contributed by atoms with E-state index in [0.29, 0.717) is 30.1 Å². The molecule has 2 amide bonds. The van der Waals surface area contributed by atoms with Gasteiger partial charge in [-0.3, -0.25) is 14.3 Å². The molecule has 2 N–H and O–H groups in total. The second kappa shape index (κ2) is 8.03. The summed E-state index contributed by atoms with van der Waals surface area (Å²) >= 11 is 0. The molecule has 0 aliphatic heterocycles. The maximum Gasteiger partial charge on any atom is 0.269 e. The number of nitrogens with zero attached hydrogens (tertiary/aromatic N) is 2. The van der Waals surface area contributed by atoms with E-state index < -0.39 is 0 Å². The molecule has 0 aliphatic carbocycles. The SMILES string of the molecule is COc1cccc(C(=O)NCCNC(=O)c2cc(C(C)(C)C)nn2C)c1. The lowest BCUT2D eigenvalue weighted by atomic mass is 9.92. The fraction of sp³-hybridized carbons (Fsp3) is 0.421. The van der Waals surface area contributed by atoms with E-state index in [1.54, 1.807) is 49.2 Å². The van der Waals surface area contributed by atoms with Crippen LogP contribution in [-0.4, -0.2) is 41.8 Å². The van der Waals surface area contributed by atoms with Crippen molar-refractivity contribution < 1.29 is 14.3 Å².